The van der Waals surface area contributed by atoms with E-state index in [0.717, 1.165) is 4.88 Å². The number of esters is 1. The Balaban J connectivity index is 2.57. The molecule has 1 unspecified atom stereocenters. The molecule has 0 amide bonds. The minimum absolute atomic E-state index is 0.00225. The number of nitriles is 1. The van der Waals surface area contributed by atoms with E-state index in [1.54, 1.807) is 26.0 Å². The minimum atomic E-state index is -0.611. The molecule has 2 heterocycles. The van der Waals surface area contributed by atoms with Gasteiger partial charge in [0.05, 0.1) is 22.4 Å². The fourth-order valence-electron chi connectivity index (χ4n) is 2.12. The third-order valence-corrected chi connectivity index (χ3v) is 4.28. The monoisotopic (exact) mass is 324 g/mol. The molecule has 0 aromatic carbocycles. The highest BCUT2D eigenvalue weighted by molar-refractivity contribution is 7.16. The number of nitrogens with zero attached hydrogens (tertiary/aromatic N) is 1. The Labute approximate surface area is 131 Å². The van der Waals surface area contributed by atoms with Crippen LogP contribution in [0.5, 0.6) is 0 Å². The van der Waals surface area contributed by atoms with Gasteiger partial charge >= 0.3 is 5.97 Å². The number of allylic oxidation sites excluding steroid dienone is 2. The van der Waals surface area contributed by atoms with Crippen molar-refractivity contribution in [1.82, 2.24) is 0 Å². The summed E-state index contributed by atoms with van der Waals surface area (Å²) in [5, 5.41) is 9.34. The Bertz CT molecular complexity index is 685. The first-order chi connectivity index (χ1) is 9.99. The summed E-state index contributed by atoms with van der Waals surface area (Å²) in [5.41, 5.74) is 6.23. The van der Waals surface area contributed by atoms with Crippen LogP contribution in [0.15, 0.2) is 34.9 Å². The fraction of sp³-hybridized carbons (Fsp3) is 0.286. The summed E-state index contributed by atoms with van der Waals surface area (Å²) in [5.74, 6) is -0.804. The van der Waals surface area contributed by atoms with Crippen LogP contribution in [0.25, 0.3) is 0 Å². The first-order valence-electron chi connectivity index (χ1n) is 6.20. The quantitative estimate of drug-likeness (QED) is 0.864. The van der Waals surface area contributed by atoms with Gasteiger partial charge in [0, 0.05) is 4.88 Å². The summed E-state index contributed by atoms with van der Waals surface area (Å²) in [6.07, 6.45) is 0. The SMILES string of the molecule is CCOC(=O)C1=C(C)OC(N)=C(C#N)C1c1ccc(Cl)s1. The highest BCUT2D eigenvalue weighted by Crippen LogP contribution is 2.42. The smallest absolute Gasteiger partial charge is 0.338 e. The van der Waals surface area contributed by atoms with Gasteiger partial charge in [0.1, 0.15) is 17.4 Å². The van der Waals surface area contributed by atoms with Crippen LogP contribution >= 0.6 is 22.9 Å². The molecule has 110 valence electrons. The molecule has 1 aliphatic rings. The zero-order chi connectivity index (χ0) is 15.6. The topological polar surface area (TPSA) is 85.3 Å². The fourth-order valence-corrected chi connectivity index (χ4v) is 3.30. The van der Waals surface area contributed by atoms with Crippen LogP contribution < -0.4 is 5.73 Å². The van der Waals surface area contributed by atoms with Gasteiger partial charge in [-0.15, -0.1) is 11.3 Å². The van der Waals surface area contributed by atoms with Crippen molar-refractivity contribution in [1.29, 1.82) is 5.26 Å². The Hall–Kier alpha value is -1.97. The lowest BCUT2D eigenvalue weighted by Gasteiger charge is -2.25. The zero-order valence-corrected chi connectivity index (χ0v) is 13.0. The van der Waals surface area contributed by atoms with Crippen molar-refractivity contribution in [2.45, 2.75) is 19.8 Å². The van der Waals surface area contributed by atoms with Crippen LogP contribution in [0.2, 0.25) is 4.34 Å². The minimum Gasteiger partial charge on any atom is -0.463 e. The maximum Gasteiger partial charge on any atom is 0.338 e. The molecule has 0 saturated carbocycles. The van der Waals surface area contributed by atoms with E-state index in [4.69, 9.17) is 26.8 Å². The van der Waals surface area contributed by atoms with Crippen molar-refractivity contribution in [2.75, 3.05) is 6.61 Å². The maximum atomic E-state index is 12.2. The standard InChI is InChI=1S/C14H13ClN2O3S/c1-3-19-14(18)11-7(2)20-13(17)8(6-16)12(11)9-4-5-10(15)21-9/h4-5,12H,3,17H2,1-2H3. The molecule has 1 aromatic heterocycles. The molecule has 2 N–H and O–H groups in total. The van der Waals surface area contributed by atoms with Crippen LogP contribution in [0.4, 0.5) is 0 Å². The van der Waals surface area contributed by atoms with Crippen LogP contribution in [0.3, 0.4) is 0 Å². The van der Waals surface area contributed by atoms with Crippen LogP contribution in [-0.4, -0.2) is 12.6 Å². The first kappa shape index (κ1) is 15.4. The summed E-state index contributed by atoms with van der Waals surface area (Å²) in [7, 11) is 0. The zero-order valence-electron chi connectivity index (χ0n) is 11.5. The normalized spacial score (nSPS) is 18.3. The van der Waals surface area contributed by atoms with Gasteiger partial charge in [-0.2, -0.15) is 5.26 Å². The lowest BCUT2D eigenvalue weighted by atomic mass is 9.87. The molecular weight excluding hydrogens is 312 g/mol. The molecular formula is C14H13ClN2O3S. The van der Waals surface area contributed by atoms with Gasteiger partial charge in [0.25, 0.3) is 0 Å². The number of nitrogens with two attached hydrogens (primary N) is 1. The van der Waals surface area contributed by atoms with E-state index in [9.17, 15) is 10.1 Å². The third-order valence-electron chi connectivity index (χ3n) is 2.98. The van der Waals surface area contributed by atoms with Gasteiger partial charge in [0.2, 0.25) is 5.88 Å². The van der Waals surface area contributed by atoms with Crippen molar-refractivity contribution in [3.8, 4) is 6.07 Å². The van der Waals surface area contributed by atoms with Gasteiger partial charge in [-0.25, -0.2) is 4.79 Å². The highest BCUT2D eigenvalue weighted by atomic mass is 35.5. The number of rotatable bonds is 3. The molecule has 1 aromatic rings. The summed E-state index contributed by atoms with van der Waals surface area (Å²) >= 11 is 7.24. The molecule has 1 atom stereocenters. The van der Waals surface area contributed by atoms with Crippen LogP contribution in [-0.2, 0) is 14.3 Å². The number of hydrogen-bond donors (Lipinski definition) is 1. The average molecular weight is 325 g/mol. The number of hydrogen-bond acceptors (Lipinski definition) is 6. The summed E-state index contributed by atoms with van der Waals surface area (Å²) in [4.78, 5) is 12.9. The van der Waals surface area contributed by atoms with Crippen LogP contribution in [0, 0.1) is 11.3 Å². The first-order valence-corrected chi connectivity index (χ1v) is 7.39. The molecule has 0 spiro atoms. The Morgan fingerprint density at radius 3 is 2.86 bits per heavy atom. The molecule has 0 bridgehead atoms. The average Bonchev–Trinajstić information content (AvgIpc) is 2.84. The molecule has 21 heavy (non-hydrogen) atoms. The van der Waals surface area contributed by atoms with Crippen LogP contribution in [0.1, 0.15) is 24.6 Å². The number of thiophene rings is 1. The van der Waals surface area contributed by atoms with Crippen molar-refractivity contribution < 1.29 is 14.3 Å². The molecule has 1 aliphatic heterocycles. The van der Waals surface area contributed by atoms with Crippen molar-refractivity contribution >= 4 is 28.9 Å². The van der Waals surface area contributed by atoms with Gasteiger partial charge < -0.3 is 15.2 Å². The Morgan fingerprint density at radius 1 is 1.62 bits per heavy atom. The van der Waals surface area contributed by atoms with Gasteiger partial charge in [-0.3, -0.25) is 0 Å². The molecule has 0 fully saturated rings. The Morgan fingerprint density at radius 2 is 2.33 bits per heavy atom. The number of halogens is 1. The summed E-state index contributed by atoms with van der Waals surface area (Å²) in [6.45, 7) is 3.56. The predicted molar refractivity (Wildman–Crippen MR) is 79.3 cm³/mol. The molecule has 0 radical (unpaired) electrons. The van der Waals surface area contributed by atoms with Gasteiger partial charge in [-0.05, 0) is 26.0 Å². The lowest BCUT2D eigenvalue weighted by molar-refractivity contribution is -0.139. The number of carbonyl (C=O) groups is 1. The van der Waals surface area contributed by atoms with E-state index in [2.05, 4.69) is 0 Å². The van der Waals surface area contributed by atoms with E-state index in [-0.39, 0.29) is 23.6 Å². The molecule has 2 rings (SSSR count). The summed E-state index contributed by atoms with van der Waals surface area (Å²) < 4.78 is 10.9. The van der Waals surface area contributed by atoms with Crippen molar-refractivity contribution in [3.63, 3.8) is 0 Å². The number of carbonyl (C=O) groups excluding carboxylic acids is 1. The maximum absolute atomic E-state index is 12.2. The third kappa shape index (κ3) is 2.89. The van der Waals surface area contributed by atoms with E-state index >= 15 is 0 Å². The van der Waals surface area contributed by atoms with E-state index < -0.39 is 11.9 Å². The van der Waals surface area contributed by atoms with Gasteiger partial charge in [-0.1, -0.05) is 11.6 Å². The largest absolute Gasteiger partial charge is 0.463 e. The second-order valence-corrected chi connectivity index (χ2v) is 6.00. The second-order valence-electron chi connectivity index (χ2n) is 4.26. The van der Waals surface area contributed by atoms with E-state index in [1.807, 2.05) is 6.07 Å². The lowest BCUT2D eigenvalue weighted by Crippen LogP contribution is -2.25. The predicted octanol–water partition coefficient (Wildman–Crippen LogP) is 3.05. The highest BCUT2D eigenvalue weighted by Gasteiger charge is 2.37. The van der Waals surface area contributed by atoms with Crippen molar-refractivity contribution in [3.05, 3.63) is 44.1 Å². The molecule has 0 saturated heterocycles. The van der Waals surface area contributed by atoms with E-state index in [0.29, 0.717) is 10.1 Å². The number of ether oxygens (including phenoxy) is 2. The van der Waals surface area contributed by atoms with Crippen molar-refractivity contribution in [2.24, 2.45) is 5.73 Å². The molecule has 5 nitrogen and oxygen atoms in total. The summed E-state index contributed by atoms with van der Waals surface area (Å²) in [6, 6.07) is 5.48. The van der Waals surface area contributed by atoms with E-state index in [1.165, 1.54) is 11.3 Å². The van der Waals surface area contributed by atoms with Gasteiger partial charge in [0.15, 0.2) is 0 Å². The molecule has 7 heteroatoms. The second kappa shape index (κ2) is 6.20. The molecule has 0 aliphatic carbocycles. The Kier molecular flexibility index (Phi) is 4.56.